The van der Waals surface area contributed by atoms with Gasteiger partial charge in [0.2, 0.25) is 0 Å². The van der Waals surface area contributed by atoms with Crippen molar-refractivity contribution in [3.63, 3.8) is 0 Å². The molecule has 2 atom stereocenters. The molecule has 1 aliphatic rings. The summed E-state index contributed by atoms with van der Waals surface area (Å²) in [5.41, 5.74) is 1.70. The normalized spacial score (nSPS) is 18.8. The Morgan fingerprint density at radius 3 is 2.00 bits per heavy atom. The van der Waals surface area contributed by atoms with E-state index in [0.29, 0.717) is 5.66 Å². The maximum atomic E-state index is 13.1. The molecule has 0 bridgehead atoms. The van der Waals surface area contributed by atoms with E-state index in [4.69, 9.17) is 0 Å². The largest absolute Gasteiger partial charge is 0.625 e. The zero-order chi connectivity index (χ0) is 18.1. The van der Waals surface area contributed by atoms with Crippen LogP contribution >= 0.6 is 15.7 Å². The highest BCUT2D eigenvalue weighted by Gasteiger charge is 2.41. The van der Waals surface area contributed by atoms with Gasteiger partial charge in [0.1, 0.15) is 10.6 Å². The number of benzene rings is 1. The van der Waals surface area contributed by atoms with Gasteiger partial charge in [-0.3, -0.25) is 0 Å². The van der Waals surface area contributed by atoms with Crippen LogP contribution in [0.2, 0.25) is 0 Å². The minimum Gasteiger partial charge on any atom is -0.625 e. The zero-order valence-corrected chi connectivity index (χ0v) is 17.8. The highest BCUT2D eigenvalue weighted by atomic mass is 31.1. The average molecular weight is 360 g/mol. The van der Waals surface area contributed by atoms with E-state index in [1.807, 2.05) is 30.3 Å². The molecule has 1 nitrogen and oxygen atoms in total. The molecule has 0 saturated heterocycles. The van der Waals surface area contributed by atoms with Crippen LogP contribution in [0.15, 0.2) is 54.1 Å². The first-order chi connectivity index (χ1) is 11.0. The Morgan fingerprint density at radius 2 is 1.50 bits per heavy atom. The monoisotopic (exact) mass is 360 g/mol. The molecule has 1 aromatic rings. The maximum absolute atomic E-state index is 13.1. The second kappa shape index (κ2) is 7.25. The predicted molar refractivity (Wildman–Crippen MR) is 111 cm³/mol. The van der Waals surface area contributed by atoms with Gasteiger partial charge in [-0.2, -0.15) is 0 Å². The molecule has 0 saturated carbocycles. The van der Waals surface area contributed by atoms with Crippen LogP contribution in [-0.2, 0) is 0 Å². The van der Waals surface area contributed by atoms with Gasteiger partial charge in [-0.1, -0.05) is 86.7 Å². The zero-order valence-electron chi connectivity index (χ0n) is 16.0. The Balaban J connectivity index is 2.44. The van der Waals surface area contributed by atoms with Gasteiger partial charge in [0.05, 0.1) is 7.77 Å². The summed E-state index contributed by atoms with van der Waals surface area (Å²) >= 11 is 0. The van der Waals surface area contributed by atoms with E-state index < -0.39 is 7.77 Å². The molecule has 2 rings (SSSR count). The van der Waals surface area contributed by atoms with Crippen molar-refractivity contribution in [3.8, 4) is 0 Å². The molecule has 0 N–H and O–H groups in total. The SMILES string of the molecule is CC(C1=CC=CC1=[P+]([O-])c1ccccc1)P(C(C)(C)C)C(C)(C)C. The highest BCUT2D eigenvalue weighted by Crippen LogP contribution is 2.64. The fourth-order valence-corrected chi connectivity index (χ4v) is 10.4. The lowest BCUT2D eigenvalue weighted by molar-refractivity contribution is -0.149. The predicted octanol–water partition coefficient (Wildman–Crippen LogP) is 5.21. The molecule has 0 aliphatic heterocycles. The minimum absolute atomic E-state index is 0.250. The van der Waals surface area contributed by atoms with Crippen LogP contribution in [0.25, 0.3) is 0 Å². The van der Waals surface area contributed by atoms with Gasteiger partial charge < -0.3 is 4.89 Å². The Bertz CT molecular complexity index is 656. The minimum atomic E-state index is -1.52. The summed E-state index contributed by atoms with van der Waals surface area (Å²) in [6.45, 7) is 16.4. The van der Waals surface area contributed by atoms with E-state index >= 15 is 0 Å². The van der Waals surface area contributed by atoms with E-state index in [-0.39, 0.29) is 18.2 Å². The topological polar surface area (TPSA) is 23.1 Å². The first-order valence-corrected chi connectivity index (χ1v) is 11.3. The molecular formula is C21H30OP2. The van der Waals surface area contributed by atoms with Crippen LogP contribution in [0.4, 0.5) is 0 Å². The second-order valence-corrected chi connectivity index (χ2v) is 14.2. The number of rotatable bonds is 3. The van der Waals surface area contributed by atoms with Gasteiger partial charge in [0, 0.05) is 11.2 Å². The quantitative estimate of drug-likeness (QED) is 0.679. The standard InChI is InChI=1S/C21H30OP2/c1-16(24(20(2,3)4)21(5,6)7)18-14-11-15-19(18)23(22)17-12-9-8-10-13-17/h8-16H,1-7H3. The fourth-order valence-electron chi connectivity index (χ4n) is 3.97. The van der Waals surface area contributed by atoms with Crippen molar-refractivity contribution in [1.82, 2.24) is 0 Å². The summed E-state index contributed by atoms with van der Waals surface area (Å²) in [7, 11) is -1.82. The van der Waals surface area contributed by atoms with Crippen LogP contribution in [0.3, 0.4) is 0 Å². The van der Waals surface area contributed by atoms with E-state index in [9.17, 15) is 4.89 Å². The van der Waals surface area contributed by atoms with Crippen molar-refractivity contribution in [3.05, 3.63) is 54.1 Å². The molecule has 1 aromatic carbocycles. The number of hydrogen-bond donors (Lipinski definition) is 0. The summed E-state index contributed by atoms with van der Waals surface area (Å²) in [5, 5.41) is 2.44. The van der Waals surface area contributed by atoms with Crippen molar-refractivity contribution in [2.24, 2.45) is 0 Å². The van der Waals surface area contributed by atoms with Gasteiger partial charge >= 0.3 is 0 Å². The summed E-state index contributed by atoms with van der Waals surface area (Å²) < 4.78 is 0. The van der Waals surface area contributed by atoms with Crippen LogP contribution in [0.1, 0.15) is 48.5 Å². The summed E-state index contributed by atoms with van der Waals surface area (Å²) in [6.07, 6.45) is 6.30. The molecule has 0 radical (unpaired) electrons. The maximum Gasteiger partial charge on any atom is 0.149 e. The summed E-state index contributed by atoms with van der Waals surface area (Å²) in [5.74, 6) is 0. The number of allylic oxidation sites excluding steroid dienone is 4. The lowest BCUT2D eigenvalue weighted by Gasteiger charge is -2.45. The van der Waals surface area contributed by atoms with E-state index in [1.165, 1.54) is 5.57 Å². The van der Waals surface area contributed by atoms with E-state index in [0.717, 1.165) is 10.6 Å². The van der Waals surface area contributed by atoms with Gasteiger partial charge in [0.15, 0.2) is 0 Å². The highest BCUT2D eigenvalue weighted by molar-refractivity contribution is 7.63. The third-order valence-corrected chi connectivity index (χ3v) is 9.87. The van der Waals surface area contributed by atoms with Crippen molar-refractivity contribution in [2.75, 3.05) is 0 Å². The Hall–Kier alpha value is -0.740. The molecule has 1 aliphatic carbocycles. The van der Waals surface area contributed by atoms with Gasteiger partial charge in [0.25, 0.3) is 0 Å². The molecule has 0 heterocycles. The molecule has 24 heavy (non-hydrogen) atoms. The van der Waals surface area contributed by atoms with Gasteiger partial charge in [-0.15, -0.1) is 0 Å². The third kappa shape index (κ3) is 4.26. The average Bonchev–Trinajstić information content (AvgIpc) is 2.93. The van der Waals surface area contributed by atoms with Gasteiger partial charge in [-0.05, 0) is 28.5 Å². The first-order valence-electron chi connectivity index (χ1n) is 8.61. The van der Waals surface area contributed by atoms with E-state index in [1.54, 1.807) is 0 Å². The Kier molecular flexibility index (Phi) is 5.91. The molecule has 0 spiro atoms. The molecule has 3 heteroatoms. The number of hydrogen-bond acceptors (Lipinski definition) is 1. The fraction of sp³-hybridized carbons (Fsp3) is 0.476. The summed E-state index contributed by atoms with van der Waals surface area (Å²) in [6, 6.07) is 9.84. The Labute approximate surface area is 150 Å². The van der Waals surface area contributed by atoms with Crippen molar-refractivity contribution in [1.29, 1.82) is 0 Å². The molecule has 0 amide bonds. The van der Waals surface area contributed by atoms with Crippen molar-refractivity contribution < 1.29 is 4.89 Å². The van der Waals surface area contributed by atoms with Crippen LogP contribution in [0.5, 0.6) is 0 Å². The smallest absolute Gasteiger partial charge is 0.149 e. The van der Waals surface area contributed by atoms with E-state index in [2.05, 4.69) is 66.7 Å². The lowest BCUT2D eigenvalue weighted by atomic mass is 10.2. The molecule has 2 unspecified atom stereocenters. The second-order valence-electron chi connectivity index (χ2n) is 8.38. The molecule has 0 fully saturated rings. The first kappa shape index (κ1) is 19.6. The van der Waals surface area contributed by atoms with Crippen molar-refractivity contribution in [2.45, 2.75) is 64.4 Å². The summed E-state index contributed by atoms with van der Waals surface area (Å²) in [4.78, 5) is 13.1. The third-order valence-electron chi connectivity index (χ3n) is 4.32. The van der Waals surface area contributed by atoms with Crippen LogP contribution in [0, 0.1) is 0 Å². The van der Waals surface area contributed by atoms with Crippen molar-refractivity contribution >= 4 is 26.3 Å². The molecule has 0 aromatic heterocycles. The van der Waals surface area contributed by atoms with Crippen LogP contribution < -0.4 is 10.2 Å². The Morgan fingerprint density at radius 1 is 0.958 bits per heavy atom. The molecular weight excluding hydrogens is 330 g/mol. The lowest BCUT2D eigenvalue weighted by Crippen LogP contribution is -2.32. The molecule has 130 valence electrons. The van der Waals surface area contributed by atoms with Crippen LogP contribution in [-0.4, -0.2) is 21.3 Å². The van der Waals surface area contributed by atoms with Gasteiger partial charge in [-0.25, -0.2) is 0 Å².